The number of ether oxygens (including phenoxy) is 1. The molecule has 5 rings (SSSR count). The van der Waals surface area contributed by atoms with Crippen LogP contribution in [0.2, 0.25) is 5.02 Å². The van der Waals surface area contributed by atoms with Crippen LogP contribution >= 0.6 is 11.6 Å². The number of hydrogen-bond acceptors (Lipinski definition) is 6. The van der Waals surface area contributed by atoms with Gasteiger partial charge in [-0.15, -0.1) is 0 Å². The Labute approximate surface area is 197 Å². The molecule has 0 unspecified atom stereocenters. The summed E-state index contributed by atoms with van der Waals surface area (Å²) in [4.78, 5) is 28.6. The number of benzene rings is 3. The van der Waals surface area contributed by atoms with Gasteiger partial charge in [-0.1, -0.05) is 41.9 Å². The maximum absolute atomic E-state index is 13.3. The van der Waals surface area contributed by atoms with Crippen LogP contribution in [0.4, 0.5) is 0 Å². The Morgan fingerprint density at radius 2 is 1.91 bits per heavy atom. The summed E-state index contributed by atoms with van der Waals surface area (Å²) in [6.45, 7) is -0.508. The molecule has 0 amide bonds. The molecule has 2 heterocycles. The average Bonchev–Trinajstić information content (AvgIpc) is 3.27. The molecule has 0 aliphatic carbocycles. The van der Waals surface area contributed by atoms with E-state index in [9.17, 15) is 9.59 Å². The molecule has 1 N–H and O–H groups in total. The highest BCUT2D eigenvalue weighted by molar-refractivity contribution is 6.32. The van der Waals surface area contributed by atoms with E-state index in [1.165, 1.54) is 17.0 Å². The smallest absolute Gasteiger partial charge is 0.341 e. The van der Waals surface area contributed by atoms with Gasteiger partial charge in [-0.3, -0.25) is 4.79 Å². The highest BCUT2D eigenvalue weighted by atomic mass is 35.5. The van der Waals surface area contributed by atoms with Crippen LogP contribution in [0.25, 0.3) is 33.5 Å². The van der Waals surface area contributed by atoms with Crippen molar-refractivity contribution >= 4 is 45.7 Å². The van der Waals surface area contributed by atoms with Gasteiger partial charge in [0.15, 0.2) is 12.4 Å². The maximum atomic E-state index is 13.3. The molecule has 2 aromatic heterocycles. The maximum Gasteiger partial charge on any atom is 0.341 e. The van der Waals surface area contributed by atoms with Gasteiger partial charge in [-0.05, 0) is 48.0 Å². The van der Waals surface area contributed by atoms with Gasteiger partial charge in [-0.2, -0.15) is 9.78 Å². The molecule has 34 heavy (non-hydrogen) atoms. The Balaban J connectivity index is 1.60. The van der Waals surface area contributed by atoms with E-state index in [0.717, 1.165) is 5.39 Å². The van der Waals surface area contributed by atoms with Crippen LogP contribution in [-0.4, -0.2) is 33.6 Å². The number of aliphatic carboxylic acids is 1. The van der Waals surface area contributed by atoms with Crippen molar-refractivity contribution in [2.75, 3.05) is 6.61 Å². The third kappa shape index (κ3) is 4.14. The van der Waals surface area contributed by atoms with Crippen molar-refractivity contribution in [1.82, 2.24) is 9.66 Å². The Morgan fingerprint density at radius 1 is 1.12 bits per heavy atom. The van der Waals surface area contributed by atoms with Crippen LogP contribution in [-0.2, 0) is 4.79 Å². The van der Waals surface area contributed by atoms with Gasteiger partial charge in [0.05, 0.1) is 22.1 Å². The normalized spacial score (nSPS) is 11.4. The van der Waals surface area contributed by atoms with Crippen molar-refractivity contribution in [3.63, 3.8) is 0 Å². The minimum atomic E-state index is -1.11. The van der Waals surface area contributed by atoms with Gasteiger partial charge in [0.25, 0.3) is 5.56 Å². The molecule has 8 nitrogen and oxygen atoms in total. The van der Waals surface area contributed by atoms with Crippen molar-refractivity contribution in [3.8, 4) is 17.3 Å². The first-order valence-electron chi connectivity index (χ1n) is 10.2. The summed E-state index contributed by atoms with van der Waals surface area (Å²) in [6.07, 6.45) is 1.46. The van der Waals surface area contributed by atoms with Gasteiger partial charge in [0, 0.05) is 5.39 Å². The molecule has 168 valence electrons. The van der Waals surface area contributed by atoms with E-state index >= 15 is 0 Å². The number of para-hydroxylation sites is 2. The topological polar surface area (TPSA) is 107 Å². The van der Waals surface area contributed by atoms with E-state index in [1.54, 1.807) is 36.4 Å². The zero-order chi connectivity index (χ0) is 23.7. The molecule has 0 atom stereocenters. The zero-order valence-electron chi connectivity index (χ0n) is 17.5. The molecule has 0 spiro atoms. The fourth-order valence-electron chi connectivity index (χ4n) is 3.46. The highest BCUT2D eigenvalue weighted by Crippen LogP contribution is 2.27. The summed E-state index contributed by atoms with van der Waals surface area (Å²) in [7, 11) is 0. The third-order valence-corrected chi connectivity index (χ3v) is 5.32. The molecular weight excluding hydrogens is 458 g/mol. The first-order valence-corrected chi connectivity index (χ1v) is 10.6. The number of nitrogens with zero attached hydrogens (tertiary/aromatic N) is 3. The molecule has 0 radical (unpaired) electrons. The summed E-state index contributed by atoms with van der Waals surface area (Å²) in [5.74, 6) is -0.225. The summed E-state index contributed by atoms with van der Waals surface area (Å²) >= 11 is 6.20. The van der Waals surface area contributed by atoms with Crippen LogP contribution in [0.1, 0.15) is 5.56 Å². The molecule has 0 aliphatic rings. The third-order valence-electron chi connectivity index (χ3n) is 5.03. The lowest BCUT2D eigenvalue weighted by Crippen LogP contribution is -2.20. The number of hydrogen-bond donors (Lipinski definition) is 1. The molecule has 3 aromatic carbocycles. The van der Waals surface area contributed by atoms with Crippen LogP contribution in [0, 0.1) is 0 Å². The molecular formula is C25H16ClN3O5. The second kappa shape index (κ2) is 8.84. The first kappa shape index (κ1) is 21.4. The number of rotatable bonds is 6. The fraction of sp³-hybridized carbons (Fsp3) is 0.0400. The van der Waals surface area contributed by atoms with E-state index in [-0.39, 0.29) is 22.2 Å². The lowest BCUT2D eigenvalue weighted by atomic mass is 10.2. The number of furan rings is 1. The van der Waals surface area contributed by atoms with Crippen molar-refractivity contribution in [2.45, 2.75) is 0 Å². The van der Waals surface area contributed by atoms with E-state index in [4.69, 9.17) is 25.9 Å². The Hall–Kier alpha value is -4.43. The lowest BCUT2D eigenvalue weighted by Gasteiger charge is -2.08. The molecule has 0 aliphatic heterocycles. The largest absolute Gasteiger partial charge is 0.480 e. The van der Waals surface area contributed by atoms with Crippen molar-refractivity contribution in [3.05, 3.63) is 93.7 Å². The predicted molar refractivity (Wildman–Crippen MR) is 129 cm³/mol. The fourth-order valence-corrected chi connectivity index (χ4v) is 3.70. The Bertz CT molecular complexity index is 1600. The number of carbonyl (C=O) groups is 1. The van der Waals surface area contributed by atoms with Gasteiger partial charge >= 0.3 is 5.97 Å². The molecule has 0 fully saturated rings. The van der Waals surface area contributed by atoms with Crippen LogP contribution in [0.15, 0.2) is 87.1 Å². The molecule has 5 aromatic rings. The highest BCUT2D eigenvalue weighted by Gasteiger charge is 2.16. The van der Waals surface area contributed by atoms with Crippen molar-refractivity contribution in [2.24, 2.45) is 5.10 Å². The van der Waals surface area contributed by atoms with Crippen molar-refractivity contribution < 1.29 is 19.1 Å². The SMILES string of the molecule is O=C(O)COc1ccc(C=Nn2c(-c3cc4ccccc4o3)nc3ccccc3c2=O)cc1Cl. The monoisotopic (exact) mass is 473 g/mol. The quantitative estimate of drug-likeness (QED) is 0.355. The van der Waals surface area contributed by atoms with Crippen LogP contribution < -0.4 is 10.3 Å². The number of fused-ring (bicyclic) bond motifs is 2. The molecule has 0 saturated carbocycles. The van der Waals surface area contributed by atoms with E-state index in [0.29, 0.717) is 27.8 Å². The molecule has 9 heteroatoms. The second-order valence-corrected chi connectivity index (χ2v) is 7.74. The Morgan fingerprint density at radius 3 is 2.71 bits per heavy atom. The summed E-state index contributed by atoms with van der Waals surface area (Å²) in [5.41, 5.74) is 1.41. The van der Waals surface area contributed by atoms with Gasteiger partial charge < -0.3 is 14.3 Å². The van der Waals surface area contributed by atoms with Crippen LogP contribution in [0.5, 0.6) is 5.75 Å². The van der Waals surface area contributed by atoms with Gasteiger partial charge in [0.2, 0.25) is 5.82 Å². The minimum absolute atomic E-state index is 0.215. The average molecular weight is 474 g/mol. The van der Waals surface area contributed by atoms with Crippen molar-refractivity contribution in [1.29, 1.82) is 0 Å². The zero-order valence-corrected chi connectivity index (χ0v) is 18.3. The van der Waals surface area contributed by atoms with Gasteiger partial charge in [0.1, 0.15) is 11.3 Å². The number of carboxylic acids is 1. The van der Waals surface area contributed by atoms with E-state index < -0.39 is 12.6 Å². The summed E-state index contributed by atoms with van der Waals surface area (Å²) in [5, 5.41) is 14.6. The van der Waals surface area contributed by atoms with E-state index in [1.807, 2.05) is 30.3 Å². The number of aromatic nitrogens is 2. The molecule has 0 saturated heterocycles. The minimum Gasteiger partial charge on any atom is -0.480 e. The first-order chi connectivity index (χ1) is 16.5. The lowest BCUT2D eigenvalue weighted by molar-refractivity contribution is -0.139. The number of carboxylic acid groups (broad SMARTS) is 1. The van der Waals surface area contributed by atoms with Crippen LogP contribution in [0.3, 0.4) is 0 Å². The Kier molecular flexibility index (Phi) is 5.57. The number of halogens is 1. The summed E-state index contributed by atoms with van der Waals surface area (Å²) < 4.78 is 12.3. The predicted octanol–water partition coefficient (Wildman–Crippen LogP) is 4.81. The summed E-state index contributed by atoms with van der Waals surface area (Å²) in [6, 6.07) is 21.1. The van der Waals surface area contributed by atoms with E-state index in [2.05, 4.69) is 10.1 Å². The standard InChI is InChI=1S/C25H16ClN3O5/c26-18-11-15(9-10-21(18)33-14-23(30)31)13-27-29-24(22-12-16-5-1-4-8-20(16)34-22)28-19-7-3-2-6-17(19)25(29)32/h1-13H,14H2,(H,30,31). The van der Waals surface area contributed by atoms with Gasteiger partial charge in [-0.25, -0.2) is 9.78 Å². The molecule has 0 bridgehead atoms. The second-order valence-electron chi connectivity index (χ2n) is 7.33.